The van der Waals surface area contributed by atoms with Gasteiger partial charge in [-0.3, -0.25) is 14.8 Å². The van der Waals surface area contributed by atoms with Gasteiger partial charge < -0.3 is 10.1 Å². The quantitative estimate of drug-likeness (QED) is 0.728. The summed E-state index contributed by atoms with van der Waals surface area (Å²) < 4.78 is 5.40. The monoisotopic (exact) mass is 363 g/mol. The number of hydrogen-bond donors (Lipinski definition) is 2. The van der Waals surface area contributed by atoms with Crippen molar-refractivity contribution in [2.24, 2.45) is 0 Å². The van der Waals surface area contributed by atoms with Crippen molar-refractivity contribution in [2.45, 2.75) is 6.54 Å². The predicted octanol–water partition coefficient (Wildman–Crippen LogP) is 2.56. The van der Waals surface area contributed by atoms with Gasteiger partial charge in [-0.1, -0.05) is 18.2 Å². The van der Waals surface area contributed by atoms with Gasteiger partial charge in [0.05, 0.1) is 13.2 Å². The Kier molecular flexibility index (Phi) is 5.22. The van der Waals surface area contributed by atoms with Gasteiger partial charge in [0.15, 0.2) is 5.82 Å². The van der Waals surface area contributed by atoms with Crippen molar-refractivity contribution >= 4 is 11.6 Å². The second-order valence-corrected chi connectivity index (χ2v) is 6.41. The molecule has 1 fully saturated rings. The second kappa shape index (κ2) is 8.11. The topological polar surface area (TPSA) is 83.1 Å². The lowest BCUT2D eigenvalue weighted by Gasteiger charge is -2.27. The van der Waals surface area contributed by atoms with Crippen LogP contribution in [0, 0.1) is 0 Å². The van der Waals surface area contributed by atoms with E-state index in [2.05, 4.69) is 25.4 Å². The number of carbonyl (C=O) groups is 1. The fourth-order valence-electron chi connectivity index (χ4n) is 3.13. The minimum Gasteiger partial charge on any atom is -0.379 e. The number of nitrogens with zero attached hydrogens (tertiary/aromatic N) is 3. The van der Waals surface area contributed by atoms with E-state index in [1.165, 1.54) is 6.33 Å². The lowest BCUT2D eigenvalue weighted by atomic mass is 10.1. The third-order valence-corrected chi connectivity index (χ3v) is 4.59. The van der Waals surface area contributed by atoms with E-state index in [1.807, 2.05) is 48.5 Å². The highest BCUT2D eigenvalue weighted by molar-refractivity contribution is 6.05. The van der Waals surface area contributed by atoms with E-state index in [0.717, 1.165) is 49.7 Å². The van der Waals surface area contributed by atoms with Gasteiger partial charge in [-0.25, -0.2) is 4.98 Å². The summed E-state index contributed by atoms with van der Waals surface area (Å²) >= 11 is 0. The number of carbonyl (C=O) groups excluding carboxylic acids is 1. The molecule has 2 heterocycles. The molecule has 0 bridgehead atoms. The van der Waals surface area contributed by atoms with Crippen molar-refractivity contribution in [2.75, 3.05) is 31.6 Å². The zero-order chi connectivity index (χ0) is 18.5. The van der Waals surface area contributed by atoms with Gasteiger partial charge in [0.2, 0.25) is 0 Å². The first-order valence-electron chi connectivity index (χ1n) is 8.95. The summed E-state index contributed by atoms with van der Waals surface area (Å²) in [5.74, 6) is 0.593. The Labute approximate surface area is 157 Å². The molecular formula is C20H21N5O2. The summed E-state index contributed by atoms with van der Waals surface area (Å²) in [7, 11) is 0. The molecule has 0 saturated carbocycles. The van der Waals surface area contributed by atoms with E-state index >= 15 is 0 Å². The molecule has 0 unspecified atom stereocenters. The van der Waals surface area contributed by atoms with Crippen LogP contribution in [-0.4, -0.2) is 52.3 Å². The average molecular weight is 363 g/mol. The Morgan fingerprint density at radius 2 is 1.89 bits per heavy atom. The Bertz CT molecular complexity index is 887. The van der Waals surface area contributed by atoms with E-state index in [-0.39, 0.29) is 5.91 Å². The van der Waals surface area contributed by atoms with Crippen LogP contribution in [0.15, 0.2) is 54.9 Å². The molecule has 2 N–H and O–H groups in total. The van der Waals surface area contributed by atoms with Crippen LogP contribution in [0.2, 0.25) is 0 Å². The number of morpholine rings is 1. The van der Waals surface area contributed by atoms with Gasteiger partial charge in [0, 0.05) is 36.4 Å². The minimum absolute atomic E-state index is 0.105. The number of rotatable bonds is 5. The predicted molar refractivity (Wildman–Crippen MR) is 102 cm³/mol. The molecule has 27 heavy (non-hydrogen) atoms. The minimum atomic E-state index is -0.105. The Hall–Kier alpha value is -3.03. The van der Waals surface area contributed by atoms with Gasteiger partial charge in [-0.05, 0) is 35.9 Å². The Morgan fingerprint density at radius 3 is 2.63 bits per heavy atom. The van der Waals surface area contributed by atoms with Crippen molar-refractivity contribution in [3.8, 4) is 11.4 Å². The summed E-state index contributed by atoms with van der Waals surface area (Å²) in [6.07, 6.45) is 1.47. The molecule has 1 amide bonds. The van der Waals surface area contributed by atoms with Crippen molar-refractivity contribution < 1.29 is 9.53 Å². The van der Waals surface area contributed by atoms with E-state index in [4.69, 9.17) is 4.74 Å². The molecular weight excluding hydrogens is 342 g/mol. The van der Waals surface area contributed by atoms with Crippen molar-refractivity contribution in [1.82, 2.24) is 20.1 Å². The van der Waals surface area contributed by atoms with Gasteiger partial charge in [0.25, 0.3) is 5.91 Å². The molecule has 1 saturated heterocycles. The zero-order valence-electron chi connectivity index (χ0n) is 14.9. The van der Waals surface area contributed by atoms with Crippen LogP contribution in [0.25, 0.3) is 11.4 Å². The first-order valence-corrected chi connectivity index (χ1v) is 8.95. The van der Waals surface area contributed by atoms with Gasteiger partial charge >= 0.3 is 0 Å². The number of aromatic amines is 1. The molecule has 0 spiro atoms. The molecule has 1 aromatic heterocycles. The summed E-state index contributed by atoms with van der Waals surface area (Å²) in [4.78, 5) is 19.2. The second-order valence-electron chi connectivity index (χ2n) is 6.41. The van der Waals surface area contributed by atoms with Gasteiger partial charge in [0.1, 0.15) is 6.33 Å². The van der Waals surface area contributed by atoms with Gasteiger partial charge in [-0.2, -0.15) is 5.10 Å². The van der Waals surface area contributed by atoms with E-state index < -0.39 is 0 Å². The first kappa shape index (κ1) is 17.4. The molecule has 2 aromatic carbocycles. The maximum absolute atomic E-state index is 12.8. The number of ether oxygens (including phenoxy) is 1. The smallest absolute Gasteiger partial charge is 0.255 e. The van der Waals surface area contributed by atoms with E-state index in [0.29, 0.717) is 11.4 Å². The summed E-state index contributed by atoms with van der Waals surface area (Å²) in [6, 6.07) is 15.3. The molecule has 0 aliphatic carbocycles. The van der Waals surface area contributed by atoms with E-state index in [1.54, 1.807) is 0 Å². The van der Waals surface area contributed by atoms with Crippen LogP contribution in [0.4, 0.5) is 5.69 Å². The maximum Gasteiger partial charge on any atom is 0.255 e. The number of anilines is 1. The average Bonchev–Trinajstić information content (AvgIpc) is 3.25. The number of nitrogens with one attached hydrogen (secondary N) is 2. The maximum atomic E-state index is 12.8. The number of H-pyrrole nitrogens is 1. The largest absolute Gasteiger partial charge is 0.379 e. The van der Waals surface area contributed by atoms with Crippen LogP contribution in [0.3, 0.4) is 0 Å². The lowest BCUT2D eigenvalue weighted by Crippen LogP contribution is -2.36. The van der Waals surface area contributed by atoms with Crippen LogP contribution >= 0.6 is 0 Å². The molecule has 0 radical (unpaired) electrons. The van der Waals surface area contributed by atoms with Gasteiger partial charge in [-0.15, -0.1) is 0 Å². The zero-order valence-corrected chi connectivity index (χ0v) is 14.9. The summed E-state index contributed by atoms with van der Waals surface area (Å²) in [6.45, 7) is 4.01. The molecule has 3 aromatic rings. The number of hydrogen-bond acceptors (Lipinski definition) is 5. The normalized spacial score (nSPS) is 14.8. The fourth-order valence-corrected chi connectivity index (χ4v) is 3.13. The molecule has 7 nitrogen and oxygen atoms in total. The molecule has 7 heteroatoms. The Morgan fingerprint density at radius 1 is 1.11 bits per heavy atom. The Balaban J connectivity index is 1.46. The third kappa shape index (κ3) is 4.21. The SMILES string of the molecule is O=C(Nc1ccc(-c2ncn[nH]2)cc1)c1ccccc1CN1CCOCC1. The van der Waals surface area contributed by atoms with Crippen LogP contribution in [-0.2, 0) is 11.3 Å². The highest BCUT2D eigenvalue weighted by Gasteiger charge is 2.16. The summed E-state index contributed by atoms with van der Waals surface area (Å²) in [5.41, 5.74) is 3.38. The lowest BCUT2D eigenvalue weighted by molar-refractivity contribution is 0.0341. The first-order chi connectivity index (χ1) is 13.3. The molecule has 0 atom stereocenters. The van der Waals surface area contributed by atoms with Crippen molar-refractivity contribution in [3.63, 3.8) is 0 Å². The highest BCUT2D eigenvalue weighted by atomic mass is 16.5. The molecule has 4 rings (SSSR count). The molecule has 138 valence electrons. The standard InChI is InChI=1S/C20H21N5O2/c26-20(23-17-7-5-15(6-8-17)19-21-14-22-24-19)18-4-2-1-3-16(18)13-25-9-11-27-12-10-25/h1-8,14H,9-13H2,(H,23,26)(H,21,22,24). The number of amides is 1. The summed E-state index contributed by atoms with van der Waals surface area (Å²) in [5, 5.41) is 9.65. The number of benzene rings is 2. The molecule has 1 aliphatic heterocycles. The third-order valence-electron chi connectivity index (χ3n) is 4.59. The highest BCUT2D eigenvalue weighted by Crippen LogP contribution is 2.19. The van der Waals surface area contributed by atoms with Crippen molar-refractivity contribution in [3.05, 3.63) is 66.0 Å². The van der Waals surface area contributed by atoms with Crippen LogP contribution in [0.1, 0.15) is 15.9 Å². The van der Waals surface area contributed by atoms with Crippen LogP contribution in [0.5, 0.6) is 0 Å². The molecule has 1 aliphatic rings. The van der Waals surface area contributed by atoms with Crippen molar-refractivity contribution in [1.29, 1.82) is 0 Å². The number of aromatic nitrogens is 3. The van der Waals surface area contributed by atoms with Crippen LogP contribution < -0.4 is 5.32 Å². The fraction of sp³-hybridized carbons (Fsp3) is 0.250. The van der Waals surface area contributed by atoms with E-state index in [9.17, 15) is 4.79 Å².